The van der Waals surface area contributed by atoms with Crippen molar-refractivity contribution in [3.05, 3.63) is 0 Å². The first-order chi connectivity index (χ1) is 6.18. The maximum Gasteiger partial charge on any atom is 0.0307 e. The second-order valence-corrected chi connectivity index (χ2v) is 3.27. The molecule has 0 aromatic heterocycles. The Balaban J connectivity index is 0. The van der Waals surface area contributed by atoms with Crippen LogP contribution in [0.1, 0.15) is 40.5 Å². The van der Waals surface area contributed by atoms with Crippen LogP contribution in [0.3, 0.4) is 0 Å². The third-order valence-electron chi connectivity index (χ3n) is 2.00. The van der Waals surface area contributed by atoms with Crippen LogP contribution in [-0.2, 0) is 0 Å². The third kappa shape index (κ3) is 7.03. The van der Waals surface area contributed by atoms with E-state index < -0.39 is 0 Å². The van der Waals surface area contributed by atoms with Gasteiger partial charge in [0.15, 0.2) is 0 Å². The van der Waals surface area contributed by atoms with E-state index in [-0.39, 0.29) is 0 Å². The lowest BCUT2D eigenvalue weighted by Gasteiger charge is -2.18. The smallest absolute Gasteiger partial charge is 0.0307 e. The van der Waals surface area contributed by atoms with Crippen LogP contribution in [0, 0.1) is 0 Å². The third-order valence-corrected chi connectivity index (χ3v) is 2.00. The number of rotatable bonds is 3. The minimum absolute atomic E-state index is 0.490. The summed E-state index contributed by atoms with van der Waals surface area (Å²) >= 11 is 0. The Bertz CT molecular complexity index is 96.3. The van der Waals surface area contributed by atoms with Gasteiger partial charge < -0.3 is 10.2 Å². The lowest BCUT2D eigenvalue weighted by atomic mass is 10.3. The van der Waals surface area contributed by atoms with Gasteiger partial charge in [0.05, 0.1) is 0 Å². The van der Waals surface area contributed by atoms with Crippen LogP contribution in [0.15, 0.2) is 0 Å². The monoisotopic (exact) mass is 188 g/mol. The standard InChI is InChI=1S/C7H16N2.2C2H6/c1-8-7(4-5-7)6-9(2)3;2*1-2/h8H,4-6H2,1-3H3;2*1-2H3. The predicted molar refractivity (Wildman–Crippen MR) is 62.3 cm³/mol. The molecule has 1 fully saturated rings. The Labute approximate surface area is 84.7 Å². The average molecular weight is 188 g/mol. The second kappa shape index (κ2) is 8.52. The molecule has 0 unspecified atom stereocenters. The lowest BCUT2D eigenvalue weighted by Crippen LogP contribution is -2.37. The molecule has 1 aliphatic rings. The van der Waals surface area contributed by atoms with Crippen LogP contribution in [0.5, 0.6) is 0 Å². The van der Waals surface area contributed by atoms with Gasteiger partial charge in [0.2, 0.25) is 0 Å². The molecule has 1 saturated carbocycles. The molecule has 0 spiro atoms. The highest BCUT2D eigenvalue weighted by atomic mass is 15.1. The molecule has 2 nitrogen and oxygen atoms in total. The average Bonchev–Trinajstić information content (AvgIpc) is 2.91. The largest absolute Gasteiger partial charge is 0.313 e. The zero-order valence-corrected chi connectivity index (χ0v) is 10.6. The molecule has 0 saturated heterocycles. The Morgan fingerprint density at radius 2 is 1.46 bits per heavy atom. The Morgan fingerprint density at radius 3 is 1.54 bits per heavy atom. The number of hydrogen-bond acceptors (Lipinski definition) is 2. The molecule has 0 atom stereocenters. The summed E-state index contributed by atoms with van der Waals surface area (Å²) in [5.74, 6) is 0. The molecule has 0 aromatic rings. The fraction of sp³-hybridized carbons (Fsp3) is 1.00. The van der Waals surface area contributed by atoms with Gasteiger partial charge in [0, 0.05) is 12.1 Å². The molecular formula is C11H28N2. The topological polar surface area (TPSA) is 15.3 Å². The maximum absolute atomic E-state index is 3.34. The fourth-order valence-corrected chi connectivity index (χ4v) is 1.24. The van der Waals surface area contributed by atoms with Crippen LogP contribution in [0.2, 0.25) is 0 Å². The van der Waals surface area contributed by atoms with Crippen molar-refractivity contribution in [2.75, 3.05) is 27.7 Å². The summed E-state index contributed by atoms with van der Waals surface area (Å²) in [6.07, 6.45) is 2.70. The number of likely N-dealkylation sites (N-methyl/N-ethyl adjacent to an activating group) is 2. The minimum Gasteiger partial charge on any atom is -0.313 e. The Kier molecular flexibility index (Phi) is 10.1. The van der Waals surface area contributed by atoms with Crippen molar-refractivity contribution < 1.29 is 0 Å². The molecular weight excluding hydrogens is 160 g/mol. The van der Waals surface area contributed by atoms with Crippen molar-refractivity contribution in [2.45, 2.75) is 46.1 Å². The van der Waals surface area contributed by atoms with Crippen molar-refractivity contribution in [2.24, 2.45) is 0 Å². The van der Waals surface area contributed by atoms with E-state index in [1.807, 2.05) is 27.7 Å². The van der Waals surface area contributed by atoms with Gasteiger partial charge in [-0.2, -0.15) is 0 Å². The SMILES string of the molecule is CC.CC.CNC1(CN(C)C)CC1. The van der Waals surface area contributed by atoms with E-state index in [9.17, 15) is 0 Å². The quantitative estimate of drug-likeness (QED) is 0.731. The van der Waals surface area contributed by atoms with E-state index in [1.165, 1.54) is 19.4 Å². The van der Waals surface area contributed by atoms with Gasteiger partial charge in [-0.25, -0.2) is 0 Å². The highest BCUT2D eigenvalue weighted by molar-refractivity contribution is 5.02. The van der Waals surface area contributed by atoms with Crippen LogP contribution in [0.25, 0.3) is 0 Å². The summed E-state index contributed by atoms with van der Waals surface area (Å²) in [6, 6.07) is 0. The first-order valence-corrected chi connectivity index (χ1v) is 5.52. The first-order valence-electron chi connectivity index (χ1n) is 5.52. The van der Waals surface area contributed by atoms with E-state index in [0.717, 1.165) is 0 Å². The Morgan fingerprint density at radius 1 is 1.08 bits per heavy atom. The zero-order valence-electron chi connectivity index (χ0n) is 10.6. The Hall–Kier alpha value is -0.0800. The van der Waals surface area contributed by atoms with Crippen molar-refractivity contribution in [3.63, 3.8) is 0 Å². The van der Waals surface area contributed by atoms with E-state index in [2.05, 4.69) is 31.4 Å². The predicted octanol–water partition coefficient (Wildman–Crippen LogP) is 2.35. The van der Waals surface area contributed by atoms with E-state index in [0.29, 0.717) is 5.54 Å². The fourth-order valence-electron chi connectivity index (χ4n) is 1.24. The summed E-state index contributed by atoms with van der Waals surface area (Å²) in [6.45, 7) is 9.18. The maximum atomic E-state index is 3.34. The molecule has 13 heavy (non-hydrogen) atoms. The molecule has 0 amide bonds. The zero-order chi connectivity index (χ0) is 10.9. The molecule has 1 rings (SSSR count). The van der Waals surface area contributed by atoms with Gasteiger partial charge in [-0.05, 0) is 34.0 Å². The van der Waals surface area contributed by atoms with Crippen LogP contribution < -0.4 is 5.32 Å². The van der Waals surface area contributed by atoms with Crippen LogP contribution >= 0.6 is 0 Å². The molecule has 0 aromatic carbocycles. The van der Waals surface area contributed by atoms with E-state index in [1.54, 1.807) is 0 Å². The molecule has 2 heteroatoms. The molecule has 0 bridgehead atoms. The van der Waals surface area contributed by atoms with Crippen LogP contribution in [0.4, 0.5) is 0 Å². The van der Waals surface area contributed by atoms with Crippen molar-refractivity contribution >= 4 is 0 Å². The van der Waals surface area contributed by atoms with Gasteiger partial charge in [0.25, 0.3) is 0 Å². The number of hydrogen-bond donors (Lipinski definition) is 1. The minimum atomic E-state index is 0.490. The molecule has 1 N–H and O–H groups in total. The van der Waals surface area contributed by atoms with Crippen molar-refractivity contribution in [3.8, 4) is 0 Å². The summed E-state index contributed by atoms with van der Waals surface area (Å²) in [7, 11) is 6.30. The molecule has 0 heterocycles. The van der Waals surface area contributed by atoms with Gasteiger partial charge in [-0.3, -0.25) is 0 Å². The molecule has 1 aliphatic carbocycles. The summed E-state index contributed by atoms with van der Waals surface area (Å²) in [5.41, 5.74) is 0.490. The van der Waals surface area contributed by atoms with Gasteiger partial charge >= 0.3 is 0 Å². The summed E-state index contributed by atoms with van der Waals surface area (Å²) in [5, 5.41) is 3.34. The lowest BCUT2D eigenvalue weighted by molar-refractivity contribution is 0.336. The van der Waals surface area contributed by atoms with E-state index >= 15 is 0 Å². The molecule has 0 aliphatic heterocycles. The molecule has 0 radical (unpaired) electrons. The normalized spacial score (nSPS) is 16.6. The van der Waals surface area contributed by atoms with Crippen molar-refractivity contribution in [1.29, 1.82) is 0 Å². The van der Waals surface area contributed by atoms with Crippen molar-refractivity contribution in [1.82, 2.24) is 10.2 Å². The number of nitrogens with one attached hydrogen (secondary N) is 1. The number of nitrogens with zero attached hydrogens (tertiary/aromatic N) is 1. The van der Waals surface area contributed by atoms with Gasteiger partial charge in [0.1, 0.15) is 0 Å². The van der Waals surface area contributed by atoms with Crippen LogP contribution in [-0.4, -0.2) is 38.1 Å². The van der Waals surface area contributed by atoms with Gasteiger partial charge in [-0.1, -0.05) is 27.7 Å². The highest BCUT2D eigenvalue weighted by Crippen LogP contribution is 2.34. The second-order valence-electron chi connectivity index (χ2n) is 3.27. The summed E-state index contributed by atoms with van der Waals surface area (Å²) in [4.78, 5) is 2.24. The highest BCUT2D eigenvalue weighted by Gasteiger charge is 2.40. The summed E-state index contributed by atoms with van der Waals surface area (Å²) < 4.78 is 0. The van der Waals surface area contributed by atoms with E-state index in [4.69, 9.17) is 0 Å². The molecule has 82 valence electrons. The first kappa shape index (κ1) is 15.4. The van der Waals surface area contributed by atoms with Gasteiger partial charge in [-0.15, -0.1) is 0 Å².